The third kappa shape index (κ3) is 1.97. The SMILES string of the molecule is O=C(O)c1ccccc1C(=O)C1CCCO1. The molecule has 0 amide bonds. The van der Waals surface area contributed by atoms with Crippen molar-refractivity contribution in [2.24, 2.45) is 0 Å². The molecule has 0 bridgehead atoms. The van der Waals surface area contributed by atoms with Crippen molar-refractivity contribution in [3.63, 3.8) is 0 Å². The van der Waals surface area contributed by atoms with Gasteiger partial charge in [-0.15, -0.1) is 0 Å². The van der Waals surface area contributed by atoms with Crippen LogP contribution in [0.5, 0.6) is 0 Å². The minimum Gasteiger partial charge on any atom is -0.478 e. The summed E-state index contributed by atoms with van der Waals surface area (Å²) in [6.07, 6.45) is 1.05. The predicted molar refractivity (Wildman–Crippen MR) is 56.7 cm³/mol. The predicted octanol–water partition coefficient (Wildman–Crippen LogP) is 1.75. The molecule has 1 heterocycles. The first kappa shape index (κ1) is 10.8. The largest absolute Gasteiger partial charge is 0.478 e. The molecule has 1 unspecified atom stereocenters. The minimum atomic E-state index is -1.08. The molecule has 1 aliphatic rings. The van der Waals surface area contributed by atoms with Crippen LogP contribution in [0.3, 0.4) is 0 Å². The molecule has 16 heavy (non-hydrogen) atoms. The maximum Gasteiger partial charge on any atom is 0.336 e. The Kier molecular flexibility index (Phi) is 3.01. The summed E-state index contributed by atoms with van der Waals surface area (Å²) in [6.45, 7) is 0.575. The molecule has 0 saturated carbocycles. The first-order chi connectivity index (χ1) is 7.70. The molecule has 1 N–H and O–H groups in total. The number of carboxylic acids is 1. The van der Waals surface area contributed by atoms with Crippen molar-refractivity contribution in [3.05, 3.63) is 35.4 Å². The number of aromatic carboxylic acids is 1. The monoisotopic (exact) mass is 220 g/mol. The zero-order valence-electron chi connectivity index (χ0n) is 8.68. The lowest BCUT2D eigenvalue weighted by atomic mass is 9.99. The number of carbonyl (C=O) groups is 2. The van der Waals surface area contributed by atoms with Gasteiger partial charge < -0.3 is 9.84 Å². The number of ketones is 1. The summed E-state index contributed by atoms with van der Waals surface area (Å²) in [5, 5.41) is 8.96. The van der Waals surface area contributed by atoms with Crippen LogP contribution in [0.25, 0.3) is 0 Å². The Balaban J connectivity index is 2.32. The van der Waals surface area contributed by atoms with Crippen molar-refractivity contribution in [3.8, 4) is 0 Å². The summed E-state index contributed by atoms with van der Waals surface area (Å²) in [6, 6.07) is 6.24. The van der Waals surface area contributed by atoms with Gasteiger partial charge in [-0.05, 0) is 18.9 Å². The number of Topliss-reactive ketones (excluding diaryl/α,β-unsaturated/α-hetero) is 1. The smallest absolute Gasteiger partial charge is 0.336 e. The van der Waals surface area contributed by atoms with Crippen molar-refractivity contribution >= 4 is 11.8 Å². The van der Waals surface area contributed by atoms with Gasteiger partial charge in [0.25, 0.3) is 0 Å². The molecule has 1 aromatic carbocycles. The number of benzene rings is 1. The topological polar surface area (TPSA) is 63.6 Å². The van der Waals surface area contributed by atoms with E-state index in [1.165, 1.54) is 12.1 Å². The molecule has 1 aliphatic heterocycles. The van der Waals surface area contributed by atoms with Crippen LogP contribution in [0.2, 0.25) is 0 Å². The summed E-state index contributed by atoms with van der Waals surface area (Å²) in [5.74, 6) is -1.31. The molecule has 1 atom stereocenters. The summed E-state index contributed by atoms with van der Waals surface area (Å²) >= 11 is 0. The van der Waals surface area contributed by atoms with Gasteiger partial charge in [0.05, 0.1) is 5.56 Å². The van der Waals surface area contributed by atoms with Crippen LogP contribution < -0.4 is 0 Å². The van der Waals surface area contributed by atoms with Crippen LogP contribution in [0.1, 0.15) is 33.6 Å². The number of carboxylic acid groups (broad SMARTS) is 1. The summed E-state index contributed by atoms with van der Waals surface area (Å²) in [4.78, 5) is 22.9. The number of hydrogen-bond donors (Lipinski definition) is 1. The average Bonchev–Trinajstić information content (AvgIpc) is 2.81. The summed E-state index contributed by atoms with van der Waals surface area (Å²) < 4.78 is 5.26. The van der Waals surface area contributed by atoms with E-state index in [2.05, 4.69) is 0 Å². The van der Waals surface area contributed by atoms with E-state index in [4.69, 9.17) is 9.84 Å². The highest BCUT2D eigenvalue weighted by atomic mass is 16.5. The van der Waals surface area contributed by atoms with Gasteiger partial charge in [-0.1, -0.05) is 18.2 Å². The number of carbonyl (C=O) groups excluding carboxylic acids is 1. The van der Waals surface area contributed by atoms with Gasteiger partial charge in [-0.3, -0.25) is 4.79 Å². The lowest BCUT2D eigenvalue weighted by Gasteiger charge is -2.10. The number of ether oxygens (including phenoxy) is 1. The van der Waals surface area contributed by atoms with Crippen LogP contribution in [-0.2, 0) is 4.74 Å². The molecule has 4 nitrogen and oxygen atoms in total. The van der Waals surface area contributed by atoms with Crippen LogP contribution in [0.4, 0.5) is 0 Å². The molecule has 1 fully saturated rings. The van der Waals surface area contributed by atoms with E-state index >= 15 is 0 Å². The van der Waals surface area contributed by atoms with Crippen molar-refractivity contribution in [1.82, 2.24) is 0 Å². The van der Waals surface area contributed by atoms with E-state index in [0.717, 1.165) is 6.42 Å². The second-order valence-electron chi connectivity index (χ2n) is 3.72. The van der Waals surface area contributed by atoms with Gasteiger partial charge >= 0.3 is 5.97 Å². The Bertz CT molecular complexity index is 419. The Labute approximate surface area is 92.8 Å². The Morgan fingerprint density at radius 2 is 1.94 bits per heavy atom. The van der Waals surface area contributed by atoms with Gasteiger partial charge in [0, 0.05) is 12.2 Å². The van der Waals surface area contributed by atoms with Crippen LogP contribution >= 0.6 is 0 Å². The molecular weight excluding hydrogens is 208 g/mol. The zero-order valence-corrected chi connectivity index (χ0v) is 8.68. The zero-order chi connectivity index (χ0) is 11.5. The fourth-order valence-corrected chi connectivity index (χ4v) is 1.84. The van der Waals surface area contributed by atoms with Gasteiger partial charge in [-0.2, -0.15) is 0 Å². The maximum absolute atomic E-state index is 12.0. The Morgan fingerprint density at radius 3 is 2.50 bits per heavy atom. The average molecular weight is 220 g/mol. The van der Waals surface area contributed by atoms with Gasteiger partial charge in [0.1, 0.15) is 6.10 Å². The third-order valence-electron chi connectivity index (χ3n) is 2.65. The van der Waals surface area contributed by atoms with E-state index in [1.807, 2.05) is 0 Å². The quantitative estimate of drug-likeness (QED) is 0.788. The number of hydrogen-bond acceptors (Lipinski definition) is 3. The second kappa shape index (κ2) is 4.45. The molecule has 0 spiro atoms. The second-order valence-corrected chi connectivity index (χ2v) is 3.72. The Morgan fingerprint density at radius 1 is 1.25 bits per heavy atom. The highest BCUT2D eigenvalue weighted by Gasteiger charge is 2.27. The standard InChI is InChI=1S/C12H12O4/c13-11(10-6-3-7-16-10)8-4-1-2-5-9(8)12(14)15/h1-2,4-5,10H,3,6-7H2,(H,14,15). The molecule has 2 rings (SSSR count). The Hall–Kier alpha value is -1.68. The minimum absolute atomic E-state index is 0.0444. The van der Waals surface area contributed by atoms with E-state index < -0.39 is 12.1 Å². The van der Waals surface area contributed by atoms with Gasteiger partial charge in [-0.25, -0.2) is 4.79 Å². The summed E-state index contributed by atoms with van der Waals surface area (Å²) in [5.41, 5.74) is 0.282. The van der Waals surface area contributed by atoms with E-state index in [-0.39, 0.29) is 16.9 Å². The molecule has 0 aliphatic carbocycles. The van der Waals surface area contributed by atoms with Gasteiger partial charge in [0.2, 0.25) is 0 Å². The molecule has 4 heteroatoms. The molecule has 1 saturated heterocycles. The van der Waals surface area contributed by atoms with E-state index in [0.29, 0.717) is 13.0 Å². The van der Waals surface area contributed by atoms with E-state index in [9.17, 15) is 9.59 Å². The van der Waals surface area contributed by atoms with Crippen LogP contribution in [0.15, 0.2) is 24.3 Å². The highest BCUT2D eigenvalue weighted by molar-refractivity contribution is 6.07. The van der Waals surface area contributed by atoms with Crippen molar-refractivity contribution in [2.45, 2.75) is 18.9 Å². The lowest BCUT2D eigenvalue weighted by Crippen LogP contribution is -2.21. The third-order valence-corrected chi connectivity index (χ3v) is 2.65. The first-order valence-electron chi connectivity index (χ1n) is 5.18. The fourth-order valence-electron chi connectivity index (χ4n) is 1.84. The molecule has 0 radical (unpaired) electrons. The number of rotatable bonds is 3. The lowest BCUT2D eigenvalue weighted by molar-refractivity contribution is 0.0624. The molecule has 84 valence electrons. The van der Waals surface area contributed by atoms with Crippen LogP contribution in [0, 0.1) is 0 Å². The first-order valence-corrected chi connectivity index (χ1v) is 5.18. The van der Waals surface area contributed by atoms with Crippen LogP contribution in [-0.4, -0.2) is 29.6 Å². The molecule has 1 aromatic rings. The van der Waals surface area contributed by atoms with Crippen molar-refractivity contribution < 1.29 is 19.4 Å². The normalized spacial score (nSPS) is 19.6. The van der Waals surface area contributed by atoms with E-state index in [1.54, 1.807) is 12.1 Å². The molecular formula is C12H12O4. The van der Waals surface area contributed by atoms with Crippen molar-refractivity contribution in [2.75, 3.05) is 6.61 Å². The highest BCUT2D eigenvalue weighted by Crippen LogP contribution is 2.19. The maximum atomic E-state index is 12.0. The van der Waals surface area contributed by atoms with Crippen molar-refractivity contribution in [1.29, 1.82) is 0 Å². The summed E-state index contributed by atoms with van der Waals surface area (Å²) in [7, 11) is 0. The fraction of sp³-hybridized carbons (Fsp3) is 0.333. The molecule has 0 aromatic heterocycles. The van der Waals surface area contributed by atoms with Gasteiger partial charge in [0.15, 0.2) is 5.78 Å².